The molecule has 1 N–H and O–H groups in total. The first kappa shape index (κ1) is 27.7. The fraction of sp³-hybridized carbons (Fsp3) is 0.484. The van der Waals surface area contributed by atoms with Gasteiger partial charge in [-0.3, -0.25) is 0 Å². The Balaban J connectivity index is 1.27. The van der Waals surface area contributed by atoms with Crippen molar-refractivity contribution in [3.63, 3.8) is 0 Å². The third-order valence-corrected chi connectivity index (χ3v) is 7.21. The Kier molecular flexibility index (Phi) is 7.81. The minimum Gasteiger partial charge on any atom is -0.502 e. The van der Waals surface area contributed by atoms with Gasteiger partial charge in [-0.25, -0.2) is 9.64 Å². The van der Waals surface area contributed by atoms with Crippen molar-refractivity contribution in [2.45, 2.75) is 84.1 Å². The Bertz CT molecular complexity index is 1410. The summed E-state index contributed by atoms with van der Waals surface area (Å²) in [5.41, 5.74) is 4.10. The molecule has 40 heavy (non-hydrogen) atoms. The lowest BCUT2D eigenvalue weighted by atomic mass is 9.99. The third-order valence-electron chi connectivity index (χ3n) is 7.21. The van der Waals surface area contributed by atoms with Crippen molar-refractivity contribution >= 4 is 11.8 Å². The molecule has 1 fully saturated rings. The summed E-state index contributed by atoms with van der Waals surface area (Å²) in [7, 11) is 0. The van der Waals surface area contributed by atoms with Crippen LogP contribution in [0, 0.1) is 6.57 Å². The van der Waals surface area contributed by atoms with E-state index in [2.05, 4.69) is 21.4 Å². The van der Waals surface area contributed by atoms with Crippen LogP contribution in [0.25, 0.3) is 27.7 Å². The number of fused-ring (bicyclic) bond motifs is 1. The maximum Gasteiger partial charge on any atom is 0.410 e. The van der Waals surface area contributed by atoms with Crippen molar-refractivity contribution in [1.82, 2.24) is 20.4 Å². The van der Waals surface area contributed by atoms with Gasteiger partial charge in [0.2, 0.25) is 11.5 Å². The van der Waals surface area contributed by atoms with Crippen LogP contribution in [0.5, 0.6) is 5.75 Å². The first-order chi connectivity index (χ1) is 19.1. The minimum atomic E-state index is -0.481. The summed E-state index contributed by atoms with van der Waals surface area (Å²) < 4.78 is 16.9. The van der Waals surface area contributed by atoms with Crippen molar-refractivity contribution < 1.29 is 18.8 Å². The Morgan fingerprint density at radius 2 is 1.95 bits per heavy atom. The number of benzene rings is 2. The molecule has 9 heteroatoms. The van der Waals surface area contributed by atoms with Crippen molar-refractivity contribution in [3.05, 3.63) is 58.9 Å². The van der Waals surface area contributed by atoms with Gasteiger partial charge >= 0.3 is 6.09 Å². The van der Waals surface area contributed by atoms with Crippen LogP contribution in [0.2, 0.25) is 0 Å². The topological polar surface area (TPSA) is 94.1 Å². The molecule has 1 unspecified atom stereocenters. The normalized spacial score (nSPS) is 17.5. The predicted octanol–water partition coefficient (Wildman–Crippen LogP) is 6.72. The number of carbonyl (C=O) groups is 1. The van der Waals surface area contributed by atoms with E-state index in [1.54, 1.807) is 12.1 Å². The second-order valence-electron chi connectivity index (χ2n) is 11.8. The summed E-state index contributed by atoms with van der Waals surface area (Å²) in [6, 6.07) is 12.2. The number of hydrogen-bond acceptors (Lipinski definition) is 7. The number of ether oxygens (including phenoxy) is 2. The number of amides is 1. The van der Waals surface area contributed by atoms with Crippen molar-refractivity contribution in [2.24, 2.45) is 0 Å². The van der Waals surface area contributed by atoms with Gasteiger partial charge in [-0.2, -0.15) is 4.98 Å². The molecular formula is C31H37N5O4. The number of likely N-dealkylation sites (tertiary alicyclic amines) is 1. The summed E-state index contributed by atoms with van der Waals surface area (Å²) >= 11 is 0. The molecule has 210 valence electrons. The average molecular weight is 544 g/mol. The van der Waals surface area contributed by atoms with Crippen LogP contribution in [0.3, 0.4) is 0 Å². The minimum absolute atomic E-state index is 0.0233. The van der Waals surface area contributed by atoms with Crippen LogP contribution in [-0.2, 0) is 11.2 Å². The Labute approximate surface area is 235 Å². The number of carbonyl (C=O) groups excluding carboxylic acids is 1. The number of nitrogens with one attached hydrogen (secondary N) is 1. The van der Waals surface area contributed by atoms with Gasteiger partial charge in [0, 0.05) is 36.3 Å². The first-order valence-corrected chi connectivity index (χ1v) is 14.0. The van der Waals surface area contributed by atoms with Crippen LogP contribution >= 0.6 is 0 Å². The molecule has 0 spiro atoms. The van der Waals surface area contributed by atoms with Crippen LogP contribution in [0.15, 0.2) is 40.9 Å². The van der Waals surface area contributed by atoms with Gasteiger partial charge in [-0.15, -0.1) is 0 Å². The smallest absolute Gasteiger partial charge is 0.410 e. The number of piperidine rings is 1. The van der Waals surface area contributed by atoms with Crippen molar-refractivity contribution in [2.75, 3.05) is 13.1 Å². The SMILES string of the molecule is [C-]#[N+]c1cc(-c2nc(-c3cccc4c3CCC4NC3CCN(C(=O)OC(C)(C)C)CC3)no2)ccc1OC(C)C. The Hall–Kier alpha value is -3.90. The highest BCUT2D eigenvalue weighted by Crippen LogP contribution is 2.39. The second-order valence-corrected chi connectivity index (χ2v) is 11.8. The highest BCUT2D eigenvalue weighted by atomic mass is 16.6. The van der Waals surface area contributed by atoms with Gasteiger partial charge in [0.25, 0.3) is 5.89 Å². The van der Waals surface area contributed by atoms with E-state index in [0.717, 1.165) is 31.2 Å². The molecule has 0 saturated carbocycles. The van der Waals surface area contributed by atoms with E-state index in [1.165, 1.54) is 11.1 Å². The molecule has 0 bridgehead atoms. The lowest BCUT2D eigenvalue weighted by molar-refractivity contribution is 0.0195. The number of hydrogen-bond donors (Lipinski definition) is 1. The van der Waals surface area contributed by atoms with E-state index in [-0.39, 0.29) is 18.2 Å². The highest BCUT2D eigenvalue weighted by Gasteiger charge is 2.31. The monoisotopic (exact) mass is 543 g/mol. The summed E-state index contributed by atoms with van der Waals surface area (Å²) in [5, 5.41) is 8.13. The van der Waals surface area contributed by atoms with E-state index in [1.807, 2.05) is 57.7 Å². The molecule has 2 heterocycles. The van der Waals surface area contributed by atoms with E-state index >= 15 is 0 Å². The van der Waals surface area contributed by atoms with E-state index in [4.69, 9.17) is 25.6 Å². The van der Waals surface area contributed by atoms with Gasteiger partial charge in [0.1, 0.15) is 11.4 Å². The maximum atomic E-state index is 12.4. The van der Waals surface area contributed by atoms with Crippen LogP contribution in [0.1, 0.15) is 71.0 Å². The summed E-state index contributed by atoms with van der Waals surface area (Å²) in [4.78, 5) is 22.5. The molecule has 5 rings (SSSR count). The predicted molar refractivity (Wildman–Crippen MR) is 152 cm³/mol. The molecule has 3 aromatic rings. The number of aromatic nitrogens is 2. The number of nitrogens with zero attached hydrogens (tertiary/aromatic N) is 4. The van der Waals surface area contributed by atoms with Crippen molar-refractivity contribution in [1.29, 1.82) is 0 Å². The molecule has 0 radical (unpaired) electrons. The molecule has 9 nitrogen and oxygen atoms in total. The molecule has 1 aliphatic heterocycles. The van der Waals surface area contributed by atoms with Gasteiger partial charge < -0.3 is 24.2 Å². The van der Waals surface area contributed by atoms with Crippen LogP contribution < -0.4 is 10.1 Å². The van der Waals surface area contributed by atoms with Gasteiger partial charge in [-0.05, 0) is 89.6 Å². The second kappa shape index (κ2) is 11.3. The molecular weight excluding hydrogens is 506 g/mol. The average Bonchev–Trinajstić information content (AvgIpc) is 3.56. The number of rotatable bonds is 6. The lowest BCUT2D eigenvalue weighted by Gasteiger charge is -2.35. The maximum absolute atomic E-state index is 12.4. The zero-order chi connectivity index (χ0) is 28.4. The fourth-order valence-electron chi connectivity index (χ4n) is 5.42. The quantitative estimate of drug-likeness (QED) is 0.345. The van der Waals surface area contributed by atoms with Crippen LogP contribution in [-0.4, -0.2) is 52.0 Å². The fourth-order valence-corrected chi connectivity index (χ4v) is 5.42. The molecule has 2 aliphatic rings. The summed E-state index contributed by atoms with van der Waals surface area (Å²) in [6.07, 6.45) is 3.46. The lowest BCUT2D eigenvalue weighted by Crippen LogP contribution is -2.47. The van der Waals surface area contributed by atoms with E-state index in [0.29, 0.717) is 47.8 Å². The Morgan fingerprint density at radius 3 is 2.65 bits per heavy atom. The summed E-state index contributed by atoms with van der Waals surface area (Å²) in [6.45, 7) is 18.5. The zero-order valence-corrected chi connectivity index (χ0v) is 23.9. The van der Waals surface area contributed by atoms with E-state index in [9.17, 15) is 4.79 Å². The van der Waals surface area contributed by atoms with Crippen molar-refractivity contribution in [3.8, 4) is 28.6 Å². The standard InChI is InChI=1S/C31H37N5O4/c1-19(2)38-27-13-10-20(18-26(27)32-6)29-34-28(35-40-29)24-9-7-8-23-22(24)11-12-25(23)33-21-14-16-36(17-15-21)30(37)39-31(3,4)5/h7-10,13,18-19,21,25,33H,11-12,14-17H2,1-5H3. The molecule has 1 aliphatic carbocycles. The van der Waals surface area contributed by atoms with Crippen LogP contribution in [0.4, 0.5) is 10.5 Å². The third kappa shape index (κ3) is 6.13. The summed E-state index contributed by atoms with van der Waals surface area (Å²) in [5.74, 6) is 1.46. The van der Waals surface area contributed by atoms with Gasteiger partial charge in [-0.1, -0.05) is 23.4 Å². The molecule has 2 aromatic carbocycles. The molecule has 1 saturated heterocycles. The van der Waals surface area contributed by atoms with Gasteiger partial charge in [0.15, 0.2) is 0 Å². The molecule has 1 aromatic heterocycles. The van der Waals surface area contributed by atoms with Gasteiger partial charge in [0.05, 0.1) is 12.7 Å². The zero-order valence-electron chi connectivity index (χ0n) is 23.9. The first-order valence-electron chi connectivity index (χ1n) is 14.0. The highest BCUT2D eigenvalue weighted by molar-refractivity contribution is 5.70. The largest absolute Gasteiger partial charge is 0.502 e. The van der Waals surface area contributed by atoms with E-state index < -0.39 is 5.60 Å². The molecule has 1 atom stereocenters. The Morgan fingerprint density at radius 1 is 1.18 bits per heavy atom. The molecule has 1 amide bonds.